The van der Waals surface area contributed by atoms with Crippen LogP contribution in [0.1, 0.15) is 40.5 Å². The molecule has 0 saturated carbocycles. The Kier molecular flexibility index (Phi) is 8.48. The third-order valence-electron chi connectivity index (χ3n) is 2.71. The molecule has 3 nitrogen and oxygen atoms in total. The van der Waals surface area contributed by atoms with E-state index in [9.17, 15) is 0 Å². The Balaban J connectivity index is 3.79. The molecule has 0 heterocycles. The highest BCUT2D eigenvalue weighted by Gasteiger charge is 2.15. The molecule has 0 atom stereocenters. The number of nitrogens with zero attached hydrogens (tertiary/aromatic N) is 1. The lowest BCUT2D eigenvalue weighted by atomic mass is 10.1. The van der Waals surface area contributed by atoms with Gasteiger partial charge in [0.1, 0.15) is 0 Å². The minimum atomic E-state index is 0.246. The molecular formula is C13H29N3S. The summed E-state index contributed by atoms with van der Waals surface area (Å²) in [5, 5.41) is 6.72. The van der Waals surface area contributed by atoms with E-state index in [1.807, 2.05) is 18.8 Å². The highest BCUT2D eigenvalue weighted by molar-refractivity contribution is 7.99. The fourth-order valence-electron chi connectivity index (χ4n) is 1.31. The molecule has 0 bridgehead atoms. The second kappa shape index (κ2) is 8.67. The maximum absolute atomic E-state index is 4.23. The van der Waals surface area contributed by atoms with Crippen molar-refractivity contribution in [1.82, 2.24) is 10.6 Å². The van der Waals surface area contributed by atoms with Gasteiger partial charge in [-0.2, -0.15) is 11.8 Å². The van der Waals surface area contributed by atoms with Gasteiger partial charge in [-0.25, -0.2) is 0 Å². The molecule has 0 saturated heterocycles. The zero-order valence-electron chi connectivity index (χ0n) is 12.3. The summed E-state index contributed by atoms with van der Waals surface area (Å²) in [6.45, 7) is 10.9. The van der Waals surface area contributed by atoms with Crippen molar-refractivity contribution in [2.24, 2.45) is 10.9 Å². The first-order valence-corrected chi connectivity index (χ1v) is 7.63. The zero-order valence-corrected chi connectivity index (χ0v) is 13.1. The summed E-state index contributed by atoms with van der Waals surface area (Å²) in [7, 11) is 1.82. The van der Waals surface area contributed by atoms with Crippen LogP contribution < -0.4 is 10.6 Å². The van der Waals surface area contributed by atoms with Gasteiger partial charge in [-0.3, -0.25) is 4.99 Å². The average molecular weight is 259 g/mol. The third-order valence-corrected chi connectivity index (χ3v) is 3.96. The van der Waals surface area contributed by atoms with Crippen LogP contribution in [0.3, 0.4) is 0 Å². The molecule has 0 aliphatic rings. The minimum absolute atomic E-state index is 0.246. The molecule has 0 aromatic heterocycles. The number of hydrogen-bond donors (Lipinski definition) is 2. The highest BCUT2D eigenvalue weighted by atomic mass is 32.2. The van der Waals surface area contributed by atoms with Gasteiger partial charge in [0, 0.05) is 24.9 Å². The zero-order chi connectivity index (χ0) is 13.3. The number of hydrogen-bond acceptors (Lipinski definition) is 2. The second-order valence-electron chi connectivity index (χ2n) is 5.35. The van der Waals surface area contributed by atoms with Gasteiger partial charge < -0.3 is 10.6 Å². The fraction of sp³-hybridized carbons (Fsp3) is 0.923. The van der Waals surface area contributed by atoms with Crippen LogP contribution in [0.5, 0.6) is 0 Å². The Hall–Kier alpha value is -0.380. The lowest BCUT2D eigenvalue weighted by molar-refractivity contribution is 0.548. The van der Waals surface area contributed by atoms with Crippen molar-refractivity contribution in [2.75, 3.05) is 26.4 Å². The van der Waals surface area contributed by atoms with E-state index < -0.39 is 0 Å². The highest BCUT2D eigenvalue weighted by Crippen LogP contribution is 2.19. The summed E-state index contributed by atoms with van der Waals surface area (Å²) in [5.74, 6) is 1.69. The molecule has 0 unspecified atom stereocenters. The van der Waals surface area contributed by atoms with Crippen LogP contribution in [0.15, 0.2) is 4.99 Å². The van der Waals surface area contributed by atoms with E-state index in [1.165, 1.54) is 12.8 Å². The summed E-state index contributed by atoms with van der Waals surface area (Å²) in [6, 6.07) is 0. The van der Waals surface area contributed by atoms with E-state index in [0.29, 0.717) is 0 Å². The summed E-state index contributed by atoms with van der Waals surface area (Å²) in [4.78, 5) is 4.23. The predicted octanol–water partition coefficient (Wildman–Crippen LogP) is 2.73. The molecule has 4 heteroatoms. The summed E-state index contributed by atoms with van der Waals surface area (Å²) in [6.07, 6.45) is 4.60. The number of thioether (sulfide) groups is 1. The summed E-state index contributed by atoms with van der Waals surface area (Å²) >= 11 is 1.87. The van der Waals surface area contributed by atoms with Crippen molar-refractivity contribution in [3.05, 3.63) is 0 Å². The largest absolute Gasteiger partial charge is 0.356 e. The predicted molar refractivity (Wildman–Crippen MR) is 81.0 cm³/mol. The van der Waals surface area contributed by atoms with Gasteiger partial charge in [0.15, 0.2) is 5.96 Å². The van der Waals surface area contributed by atoms with Crippen LogP contribution in [-0.4, -0.2) is 37.1 Å². The van der Waals surface area contributed by atoms with E-state index >= 15 is 0 Å². The Morgan fingerprint density at radius 3 is 2.41 bits per heavy atom. The van der Waals surface area contributed by atoms with E-state index in [1.54, 1.807) is 0 Å². The normalized spacial score (nSPS) is 13.0. The standard InChI is InChI=1S/C13H29N3S/c1-11(2)8-7-9-15-12(14-5)16-10-13(3,4)17-6/h11H,7-10H2,1-6H3,(H2,14,15,16). The average Bonchev–Trinajstić information content (AvgIpc) is 2.28. The van der Waals surface area contributed by atoms with Gasteiger partial charge in [-0.1, -0.05) is 13.8 Å². The minimum Gasteiger partial charge on any atom is -0.356 e. The van der Waals surface area contributed by atoms with E-state index in [4.69, 9.17) is 0 Å². The molecule has 2 N–H and O–H groups in total. The van der Waals surface area contributed by atoms with Gasteiger partial charge in [-0.15, -0.1) is 0 Å². The molecule has 0 aliphatic heterocycles. The summed E-state index contributed by atoms with van der Waals surface area (Å²) in [5.41, 5.74) is 0. The lowest BCUT2D eigenvalue weighted by Gasteiger charge is -2.23. The fourth-order valence-corrected chi connectivity index (χ4v) is 1.52. The number of aliphatic imine (C=N–C) groups is 1. The number of rotatable bonds is 7. The first-order valence-electron chi connectivity index (χ1n) is 6.41. The topological polar surface area (TPSA) is 36.4 Å². The van der Waals surface area contributed by atoms with Crippen LogP contribution >= 0.6 is 11.8 Å². The van der Waals surface area contributed by atoms with Crippen LogP contribution in [-0.2, 0) is 0 Å². The first-order chi connectivity index (χ1) is 7.91. The molecule has 0 amide bonds. The van der Waals surface area contributed by atoms with Gasteiger partial charge in [-0.05, 0) is 38.9 Å². The van der Waals surface area contributed by atoms with Crippen molar-refractivity contribution in [1.29, 1.82) is 0 Å². The van der Waals surface area contributed by atoms with Gasteiger partial charge in [0.05, 0.1) is 0 Å². The van der Waals surface area contributed by atoms with Crippen LogP contribution in [0.25, 0.3) is 0 Å². The Morgan fingerprint density at radius 2 is 1.94 bits per heavy atom. The van der Waals surface area contributed by atoms with Crippen LogP contribution in [0, 0.1) is 5.92 Å². The van der Waals surface area contributed by atoms with Gasteiger partial charge in [0.25, 0.3) is 0 Å². The number of nitrogens with one attached hydrogen (secondary N) is 2. The molecule has 0 aliphatic carbocycles. The SMILES string of the molecule is CN=C(NCCCC(C)C)NCC(C)(C)SC. The number of guanidine groups is 1. The maximum Gasteiger partial charge on any atom is 0.191 e. The van der Waals surface area contributed by atoms with E-state index in [2.05, 4.69) is 49.6 Å². The molecule has 0 fully saturated rings. The first kappa shape index (κ1) is 16.6. The third kappa shape index (κ3) is 9.33. The van der Waals surface area contributed by atoms with Crippen molar-refractivity contribution in [2.45, 2.75) is 45.3 Å². The molecule has 0 aromatic rings. The molecule has 17 heavy (non-hydrogen) atoms. The molecule has 102 valence electrons. The lowest BCUT2D eigenvalue weighted by Crippen LogP contribution is -2.43. The van der Waals surface area contributed by atoms with Gasteiger partial charge in [0.2, 0.25) is 0 Å². The Bertz CT molecular complexity index is 225. The van der Waals surface area contributed by atoms with Crippen molar-refractivity contribution < 1.29 is 0 Å². The molecule has 0 rings (SSSR count). The van der Waals surface area contributed by atoms with Crippen molar-refractivity contribution in [3.8, 4) is 0 Å². The van der Waals surface area contributed by atoms with Crippen LogP contribution in [0.4, 0.5) is 0 Å². The maximum atomic E-state index is 4.23. The molecular weight excluding hydrogens is 230 g/mol. The Labute approximate surface area is 111 Å². The summed E-state index contributed by atoms with van der Waals surface area (Å²) < 4.78 is 0.246. The molecule has 0 radical (unpaired) electrons. The van der Waals surface area contributed by atoms with Crippen molar-refractivity contribution >= 4 is 17.7 Å². The van der Waals surface area contributed by atoms with E-state index in [-0.39, 0.29) is 4.75 Å². The second-order valence-corrected chi connectivity index (χ2v) is 6.87. The smallest absolute Gasteiger partial charge is 0.191 e. The Morgan fingerprint density at radius 1 is 1.29 bits per heavy atom. The van der Waals surface area contributed by atoms with Crippen molar-refractivity contribution in [3.63, 3.8) is 0 Å². The molecule has 0 aromatic carbocycles. The quantitative estimate of drug-likeness (QED) is 0.419. The monoisotopic (exact) mass is 259 g/mol. The van der Waals surface area contributed by atoms with Crippen LogP contribution in [0.2, 0.25) is 0 Å². The van der Waals surface area contributed by atoms with Gasteiger partial charge >= 0.3 is 0 Å². The van der Waals surface area contributed by atoms with E-state index in [0.717, 1.165) is 25.0 Å². The molecule has 0 spiro atoms.